The van der Waals surface area contributed by atoms with Crippen LogP contribution in [0.2, 0.25) is 0 Å². The van der Waals surface area contributed by atoms with Crippen LogP contribution in [0.25, 0.3) is 0 Å². The van der Waals surface area contributed by atoms with Crippen LogP contribution >= 0.6 is 24.0 Å². The van der Waals surface area contributed by atoms with Crippen LogP contribution in [0, 0.1) is 0 Å². The third kappa shape index (κ3) is 6.22. The van der Waals surface area contributed by atoms with E-state index in [1.807, 2.05) is 6.07 Å². The third-order valence-corrected chi connectivity index (χ3v) is 3.47. The summed E-state index contributed by atoms with van der Waals surface area (Å²) in [7, 11) is 0. The smallest absolute Gasteiger partial charge is 0.191 e. The van der Waals surface area contributed by atoms with Crippen LogP contribution in [0.3, 0.4) is 0 Å². The minimum absolute atomic E-state index is 0. The predicted molar refractivity (Wildman–Crippen MR) is 98.4 cm³/mol. The van der Waals surface area contributed by atoms with Crippen LogP contribution in [-0.4, -0.2) is 31.8 Å². The van der Waals surface area contributed by atoms with Crippen molar-refractivity contribution in [3.05, 3.63) is 35.9 Å². The minimum atomic E-state index is 0. The molecular weight excluding hydrogens is 377 g/mol. The fraction of sp³-hybridized carbons (Fsp3) is 0.562. The molecule has 1 heterocycles. The predicted octanol–water partition coefficient (Wildman–Crippen LogP) is 3.10. The molecule has 0 saturated carbocycles. The first-order valence-corrected chi connectivity index (χ1v) is 7.51. The highest BCUT2D eigenvalue weighted by molar-refractivity contribution is 14.0. The van der Waals surface area contributed by atoms with Gasteiger partial charge in [0.2, 0.25) is 0 Å². The van der Waals surface area contributed by atoms with Gasteiger partial charge in [-0.25, -0.2) is 0 Å². The van der Waals surface area contributed by atoms with Gasteiger partial charge < -0.3 is 15.4 Å². The van der Waals surface area contributed by atoms with E-state index in [0.29, 0.717) is 0 Å². The number of benzene rings is 1. The average Bonchev–Trinajstić information content (AvgIpc) is 2.99. The van der Waals surface area contributed by atoms with Crippen molar-refractivity contribution in [1.29, 1.82) is 0 Å². The standard InChI is InChI=1S/C16H25N3O.HI/c1-3-17-16(18-12-15-10-7-11-20-15)19-13(2)14-8-5-4-6-9-14;/h4-6,8-9,13,15H,3,7,10-12H2,1-2H3,(H2,17,18,19);1H. The Morgan fingerprint density at radius 3 is 2.76 bits per heavy atom. The lowest BCUT2D eigenvalue weighted by Gasteiger charge is -2.18. The molecule has 21 heavy (non-hydrogen) atoms. The lowest BCUT2D eigenvalue weighted by molar-refractivity contribution is 0.117. The molecule has 0 aromatic heterocycles. The molecule has 2 rings (SSSR count). The number of ether oxygens (including phenoxy) is 1. The molecule has 0 spiro atoms. The normalized spacial score (nSPS) is 19.7. The summed E-state index contributed by atoms with van der Waals surface area (Å²) in [5, 5.41) is 6.73. The van der Waals surface area contributed by atoms with Crippen molar-refractivity contribution in [3.8, 4) is 0 Å². The molecule has 1 aliphatic heterocycles. The summed E-state index contributed by atoms with van der Waals surface area (Å²) in [4.78, 5) is 4.63. The topological polar surface area (TPSA) is 45.7 Å². The molecular formula is C16H26IN3O. The van der Waals surface area contributed by atoms with Gasteiger partial charge in [-0.3, -0.25) is 4.99 Å². The second-order valence-corrected chi connectivity index (χ2v) is 5.13. The molecule has 2 atom stereocenters. The van der Waals surface area contributed by atoms with E-state index in [4.69, 9.17) is 4.74 Å². The zero-order chi connectivity index (χ0) is 14.2. The second kappa shape index (κ2) is 10.00. The van der Waals surface area contributed by atoms with Crippen LogP contribution in [0.4, 0.5) is 0 Å². The van der Waals surface area contributed by atoms with E-state index in [1.165, 1.54) is 5.56 Å². The largest absolute Gasteiger partial charge is 0.376 e. The minimum Gasteiger partial charge on any atom is -0.376 e. The Morgan fingerprint density at radius 1 is 1.38 bits per heavy atom. The lowest BCUT2D eigenvalue weighted by atomic mass is 10.1. The lowest BCUT2D eigenvalue weighted by Crippen LogP contribution is -2.39. The Morgan fingerprint density at radius 2 is 2.14 bits per heavy atom. The SMILES string of the molecule is CCNC(=NCC1CCCO1)NC(C)c1ccccc1.I. The zero-order valence-electron chi connectivity index (χ0n) is 12.8. The Bertz CT molecular complexity index is 419. The Balaban J connectivity index is 0.00000220. The quantitative estimate of drug-likeness (QED) is 0.451. The highest BCUT2D eigenvalue weighted by Gasteiger charge is 2.15. The molecule has 2 unspecified atom stereocenters. The van der Waals surface area contributed by atoms with Gasteiger partial charge in [0.1, 0.15) is 0 Å². The van der Waals surface area contributed by atoms with E-state index < -0.39 is 0 Å². The summed E-state index contributed by atoms with van der Waals surface area (Å²) in [5.74, 6) is 0.861. The van der Waals surface area contributed by atoms with E-state index in [1.54, 1.807) is 0 Å². The summed E-state index contributed by atoms with van der Waals surface area (Å²) in [6.45, 7) is 6.70. The Kier molecular flexibility index (Phi) is 8.68. The van der Waals surface area contributed by atoms with E-state index in [2.05, 4.69) is 53.7 Å². The fourth-order valence-corrected chi connectivity index (χ4v) is 2.33. The molecule has 0 aliphatic carbocycles. The van der Waals surface area contributed by atoms with Crippen molar-refractivity contribution in [2.45, 2.75) is 38.8 Å². The number of hydrogen-bond acceptors (Lipinski definition) is 2. The van der Waals surface area contributed by atoms with Gasteiger partial charge in [0.15, 0.2) is 5.96 Å². The van der Waals surface area contributed by atoms with E-state index in [9.17, 15) is 0 Å². The van der Waals surface area contributed by atoms with Crippen LogP contribution in [-0.2, 0) is 4.74 Å². The molecule has 1 aliphatic rings. The Hall–Kier alpha value is -0.820. The maximum absolute atomic E-state index is 5.61. The maximum Gasteiger partial charge on any atom is 0.191 e. The van der Waals surface area contributed by atoms with Crippen LogP contribution in [0.5, 0.6) is 0 Å². The number of rotatable bonds is 5. The molecule has 1 aromatic carbocycles. The van der Waals surface area contributed by atoms with Gasteiger partial charge in [-0.05, 0) is 32.3 Å². The summed E-state index contributed by atoms with van der Waals surface area (Å²) in [6.07, 6.45) is 2.57. The average molecular weight is 403 g/mol. The molecule has 118 valence electrons. The van der Waals surface area contributed by atoms with Crippen molar-refractivity contribution < 1.29 is 4.74 Å². The van der Waals surface area contributed by atoms with Gasteiger partial charge in [0.25, 0.3) is 0 Å². The zero-order valence-corrected chi connectivity index (χ0v) is 15.2. The second-order valence-electron chi connectivity index (χ2n) is 5.13. The molecule has 1 saturated heterocycles. The maximum atomic E-state index is 5.61. The van der Waals surface area contributed by atoms with Gasteiger partial charge >= 0.3 is 0 Å². The number of halogens is 1. The highest BCUT2D eigenvalue weighted by atomic mass is 127. The third-order valence-electron chi connectivity index (χ3n) is 3.47. The van der Waals surface area contributed by atoms with Gasteiger partial charge in [-0.1, -0.05) is 30.3 Å². The van der Waals surface area contributed by atoms with Crippen molar-refractivity contribution in [3.63, 3.8) is 0 Å². The molecule has 5 heteroatoms. The van der Waals surface area contributed by atoms with E-state index >= 15 is 0 Å². The number of guanidine groups is 1. The van der Waals surface area contributed by atoms with Crippen LogP contribution < -0.4 is 10.6 Å². The molecule has 0 amide bonds. The molecule has 1 aromatic rings. The van der Waals surface area contributed by atoms with Gasteiger partial charge in [-0.2, -0.15) is 0 Å². The first-order valence-electron chi connectivity index (χ1n) is 7.51. The van der Waals surface area contributed by atoms with Crippen LogP contribution in [0.1, 0.15) is 38.3 Å². The summed E-state index contributed by atoms with van der Waals surface area (Å²) >= 11 is 0. The molecule has 4 nitrogen and oxygen atoms in total. The number of nitrogens with one attached hydrogen (secondary N) is 2. The van der Waals surface area contributed by atoms with E-state index in [0.717, 1.165) is 38.5 Å². The summed E-state index contributed by atoms with van der Waals surface area (Å²) in [6, 6.07) is 10.6. The van der Waals surface area contributed by atoms with Crippen molar-refractivity contribution in [1.82, 2.24) is 10.6 Å². The van der Waals surface area contributed by atoms with Gasteiger partial charge in [0.05, 0.1) is 18.7 Å². The van der Waals surface area contributed by atoms with Crippen molar-refractivity contribution >= 4 is 29.9 Å². The highest BCUT2D eigenvalue weighted by Crippen LogP contribution is 2.13. The molecule has 2 N–H and O–H groups in total. The van der Waals surface area contributed by atoms with Crippen molar-refractivity contribution in [2.75, 3.05) is 19.7 Å². The molecule has 0 bridgehead atoms. The molecule has 0 radical (unpaired) electrons. The monoisotopic (exact) mass is 403 g/mol. The number of aliphatic imine (C=N–C) groups is 1. The molecule has 1 fully saturated rings. The van der Waals surface area contributed by atoms with Crippen molar-refractivity contribution in [2.24, 2.45) is 4.99 Å². The first-order chi connectivity index (χ1) is 9.79. The fourth-order valence-electron chi connectivity index (χ4n) is 2.33. The van der Waals surface area contributed by atoms with E-state index in [-0.39, 0.29) is 36.1 Å². The van der Waals surface area contributed by atoms with Gasteiger partial charge in [0, 0.05) is 13.2 Å². The van der Waals surface area contributed by atoms with Gasteiger partial charge in [-0.15, -0.1) is 24.0 Å². The number of hydrogen-bond donors (Lipinski definition) is 2. The summed E-state index contributed by atoms with van der Waals surface area (Å²) in [5.41, 5.74) is 1.26. The Labute approximate surface area is 144 Å². The van der Waals surface area contributed by atoms with Crippen LogP contribution in [0.15, 0.2) is 35.3 Å². The summed E-state index contributed by atoms with van der Waals surface area (Å²) < 4.78 is 5.61. The number of nitrogens with zero attached hydrogens (tertiary/aromatic N) is 1. The first kappa shape index (κ1) is 18.2.